The van der Waals surface area contributed by atoms with E-state index >= 15 is 0 Å². The summed E-state index contributed by atoms with van der Waals surface area (Å²) < 4.78 is 5.15. The van der Waals surface area contributed by atoms with Crippen molar-refractivity contribution in [2.24, 2.45) is 11.1 Å². The number of nitrogens with two attached hydrogens (primary N) is 1. The van der Waals surface area contributed by atoms with Crippen LogP contribution in [0, 0.1) is 5.41 Å². The van der Waals surface area contributed by atoms with Crippen LogP contribution in [0.5, 0.6) is 0 Å². The van der Waals surface area contributed by atoms with E-state index in [9.17, 15) is 4.79 Å². The monoisotopic (exact) mass is 246 g/mol. The number of carbonyl (C=O) groups excluding carboxylic acids is 1. The number of ether oxygens (including phenoxy) is 1. The van der Waals surface area contributed by atoms with E-state index < -0.39 is 5.41 Å². The molecule has 0 aromatic carbocycles. The van der Waals surface area contributed by atoms with Crippen LogP contribution in [0.25, 0.3) is 0 Å². The van der Waals surface area contributed by atoms with Gasteiger partial charge >= 0.3 is 0 Å². The summed E-state index contributed by atoms with van der Waals surface area (Å²) >= 11 is 4.99. The zero-order chi connectivity index (χ0) is 12.6. The first-order valence-corrected chi connectivity index (χ1v) is 6.11. The maximum absolute atomic E-state index is 12.0. The zero-order valence-electron chi connectivity index (χ0n) is 10.3. The van der Waals surface area contributed by atoms with Crippen molar-refractivity contribution < 1.29 is 9.53 Å². The number of nitrogens with one attached hydrogen (secondary N) is 1. The third kappa shape index (κ3) is 3.72. The minimum atomic E-state index is -0.707. The predicted octanol–water partition coefficient (Wildman–Crippen LogP) is 1.23. The van der Waals surface area contributed by atoms with Crippen molar-refractivity contribution in [3.63, 3.8) is 0 Å². The largest absolute Gasteiger partial charge is 0.392 e. The molecule has 0 aliphatic carbocycles. The Morgan fingerprint density at radius 2 is 1.94 bits per heavy atom. The maximum atomic E-state index is 12.0. The van der Waals surface area contributed by atoms with Gasteiger partial charge in [0.2, 0.25) is 5.91 Å². The van der Waals surface area contributed by atoms with Crippen LogP contribution in [0.1, 0.15) is 33.6 Å². The molecule has 0 saturated carbocycles. The van der Waals surface area contributed by atoms with Crippen molar-refractivity contribution in [2.75, 3.05) is 19.8 Å². The molecule has 0 radical (unpaired) electrons. The average molecular weight is 246 g/mol. The molecule has 0 heterocycles. The van der Waals surface area contributed by atoms with Crippen molar-refractivity contribution in [3.8, 4) is 0 Å². The summed E-state index contributed by atoms with van der Waals surface area (Å²) in [5.74, 6) is -0.0929. The number of carbonyl (C=O) groups is 1. The smallest absolute Gasteiger partial charge is 0.233 e. The van der Waals surface area contributed by atoms with E-state index in [1.807, 2.05) is 20.8 Å². The zero-order valence-corrected chi connectivity index (χ0v) is 11.2. The van der Waals surface area contributed by atoms with Crippen molar-refractivity contribution in [3.05, 3.63) is 0 Å². The first kappa shape index (κ1) is 15.3. The molecule has 4 nitrogen and oxygen atoms in total. The van der Waals surface area contributed by atoms with Crippen LogP contribution < -0.4 is 11.1 Å². The van der Waals surface area contributed by atoms with Gasteiger partial charge in [0.1, 0.15) is 0 Å². The van der Waals surface area contributed by atoms with Gasteiger partial charge in [0.25, 0.3) is 0 Å². The molecular formula is C11H22N2O2S. The highest BCUT2D eigenvalue weighted by Gasteiger charge is 2.37. The molecule has 0 unspecified atom stereocenters. The molecule has 0 saturated heterocycles. The fourth-order valence-electron chi connectivity index (χ4n) is 1.58. The van der Waals surface area contributed by atoms with Crippen LogP contribution in [-0.2, 0) is 9.53 Å². The van der Waals surface area contributed by atoms with Gasteiger partial charge < -0.3 is 15.8 Å². The van der Waals surface area contributed by atoms with Gasteiger partial charge in [0.05, 0.1) is 17.0 Å². The second kappa shape index (κ2) is 7.57. The van der Waals surface area contributed by atoms with E-state index in [0.717, 1.165) is 0 Å². The van der Waals surface area contributed by atoms with E-state index in [2.05, 4.69) is 5.32 Å². The normalized spacial score (nSPS) is 11.2. The van der Waals surface area contributed by atoms with Gasteiger partial charge in [-0.25, -0.2) is 0 Å². The summed E-state index contributed by atoms with van der Waals surface area (Å²) in [6, 6.07) is 0. The Morgan fingerprint density at radius 1 is 1.38 bits per heavy atom. The van der Waals surface area contributed by atoms with Crippen LogP contribution in [-0.4, -0.2) is 30.7 Å². The van der Waals surface area contributed by atoms with E-state index in [4.69, 9.17) is 22.7 Å². The molecule has 0 aliphatic rings. The van der Waals surface area contributed by atoms with Crippen LogP contribution in [0.2, 0.25) is 0 Å². The molecule has 0 aromatic heterocycles. The lowest BCUT2D eigenvalue weighted by molar-refractivity contribution is -0.128. The quantitative estimate of drug-likeness (QED) is 0.499. The Bertz CT molecular complexity index is 240. The van der Waals surface area contributed by atoms with Gasteiger partial charge in [0.15, 0.2) is 0 Å². The third-order valence-corrected chi connectivity index (χ3v) is 3.24. The molecule has 3 N–H and O–H groups in total. The summed E-state index contributed by atoms with van der Waals surface area (Å²) in [5, 5.41) is 2.81. The maximum Gasteiger partial charge on any atom is 0.233 e. The molecule has 0 fully saturated rings. The van der Waals surface area contributed by atoms with Crippen LogP contribution in [0.3, 0.4) is 0 Å². The fourth-order valence-corrected chi connectivity index (χ4v) is 1.96. The Kier molecular flexibility index (Phi) is 7.25. The highest BCUT2D eigenvalue weighted by molar-refractivity contribution is 7.80. The lowest BCUT2D eigenvalue weighted by atomic mass is 9.81. The molecule has 0 atom stereocenters. The van der Waals surface area contributed by atoms with Gasteiger partial charge in [-0.3, -0.25) is 4.79 Å². The molecule has 1 amide bonds. The van der Waals surface area contributed by atoms with E-state index in [1.165, 1.54) is 0 Å². The summed E-state index contributed by atoms with van der Waals surface area (Å²) in [5.41, 5.74) is 4.96. The summed E-state index contributed by atoms with van der Waals surface area (Å²) in [4.78, 5) is 12.3. The average Bonchev–Trinajstić information content (AvgIpc) is 2.26. The molecule has 5 heteroatoms. The molecule has 0 spiro atoms. The predicted molar refractivity (Wildman–Crippen MR) is 69.3 cm³/mol. The Balaban J connectivity index is 4.34. The van der Waals surface area contributed by atoms with E-state index in [-0.39, 0.29) is 10.9 Å². The van der Waals surface area contributed by atoms with Gasteiger partial charge in [-0.05, 0) is 19.8 Å². The molecule has 0 rings (SSSR count). The first-order valence-electron chi connectivity index (χ1n) is 5.71. The molecule has 16 heavy (non-hydrogen) atoms. The highest BCUT2D eigenvalue weighted by atomic mass is 32.1. The third-order valence-electron chi connectivity index (χ3n) is 2.85. The van der Waals surface area contributed by atoms with Gasteiger partial charge in [-0.2, -0.15) is 0 Å². The van der Waals surface area contributed by atoms with E-state index in [1.54, 1.807) is 0 Å². The number of hydrogen-bond acceptors (Lipinski definition) is 3. The second-order valence-corrected chi connectivity index (χ2v) is 4.05. The Labute approximate surface area is 103 Å². The number of hydrogen-bond donors (Lipinski definition) is 2. The highest BCUT2D eigenvalue weighted by Crippen LogP contribution is 2.26. The van der Waals surface area contributed by atoms with Crippen molar-refractivity contribution in [1.82, 2.24) is 5.32 Å². The minimum absolute atomic E-state index is 0.0929. The molecular weight excluding hydrogens is 224 g/mol. The molecule has 0 bridgehead atoms. The molecule has 0 aliphatic heterocycles. The van der Waals surface area contributed by atoms with Crippen LogP contribution in [0.4, 0.5) is 0 Å². The lowest BCUT2D eigenvalue weighted by Crippen LogP contribution is -2.48. The Morgan fingerprint density at radius 3 is 2.31 bits per heavy atom. The molecule has 94 valence electrons. The van der Waals surface area contributed by atoms with Crippen molar-refractivity contribution in [1.29, 1.82) is 0 Å². The van der Waals surface area contributed by atoms with Gasteiger partial charge in [0, 0.05) is 13.2 Å². The first-order chi connectivity index (χ1) is 7.55. The lowest BCUT2D eigenvalue weighted by Gasteiger charge is -2.28. The summed E-state index contributed by atoms with van der Waals surface area (Å²) in [7, 11) is 0. The topological polar surface area (TPSA) is 64.3 Å². The SMILES string of the molecule is CCOCCNC(=O)C(CC)(CC)C(N)=S. The second-order valence-electron chi connectivity index (χ2n) is 3.61. The van der Waals surface area contributed by atoms with Gasteiger partial charge in [-0.1, -0.05) is 26.1 Å². The van der Waals surface area contributed by atoms with Crippen LogP contribution in [0.15, 0.2) is 0 Å². The summed E-state index contributed by atoms with van der Waals surface area (Å²) in [6.07, 6.45) is 1.25. The number of rotatable bonds is 8. The fraction of sp³-hybridized carbons (Fsp3) is 0.818. The van der Waals surface area contributed by atoms with Crippen molar-refractivity contribution in [2.45, 2.75) is 33.6 Å². The standard InChI is InChI=1S/C11H22N2O2S/c1-4-11(5-2,9(12)16)10(14)13-7-8-15-6-3/h4-8H2,1-3H3,(H2,12,16)(H,13,14). The van der Waals surface area contributed by atoms with Crippen LogP contribution >= 0.6 is 12.2 Å². The summed E-state index contributed by atoms with van der Waals surface area (Å²) in [6.45, 7) is 7.42. The van der Waals surface area contributed by atoms with Gasteiger partial charge in [-0.15, -0.1) is 0 Å². The minimum Gasteiger partial charge on any atom is -0.392 e. The molecule has 0 aromatic rings. The van der Waals surface area contributed by atoms with Crippen molar-refractivity contribution >= 4 is 23.1 Å². The number of thiocarbonyl (C=S) groups is 1. The van der Waals surface area contributed by atoms with E-state index in [0.29, 0.717) is 32.6 Å². The Hall–Kier alpha value is -0.680. The number of amides is 1.